The predicted octanol–water partition coefficient (Wildman–Crippen LogP) is 0.342. The van der Waals surface area contributed by atoms with Crippen molar-refractivity contribution in [1.29, 1.82) is 0 Å². The summed E-state index contributed by atoms with van der Waals surface area (Å²) in [5.74, 6) is 2.87. The zero-order valence-electron chi connectivity index (χ0n) is 11.0. The Labute approximate surface area is 109 Å². The number of carbonyl (C=O) groups excluding carboxylic acids is 1. The van der Waals surface area contributed by atoms with Crippen LogP contribution in [0.25, 0.3) is 0 Å². The van der Waals surface area contributed by atoms with E-state index in [1.807, 2.05) is 0 Å². The molecule has 0 aliphatic carbocycles. The average Bonchev–Trinajstić information content (AvgIpc) is 2.58. The summed E-state index contributed by atoms with van der Waals surface area (Å²) in [6.45, 7) is 3.65. The van der Waals surface area contributed by atoms with Crippen molar-refractivity contribution in [2.45, 2.75) is 44.2 Å². The summed E-state index contributed by atoms with van der Waals surface area (Å²) in [4.78, 5) is 14.1. The van der Waals surface area contributed by atoms with Crippen LogP contribution in [0.1, 0.15) is 32.1 Å². The van der Waals surface area contributed by atoms with Gasteiger partial charge in [-0.3, -0.25) is 9.69 Å². The Morgan fingerprint density at radius 2 is 2.11 bits per heavy atom. The summed E-state index contributed by atoms with van der Waals surface area (Å²) in [5, 5.41) is 6.49. The third-order valence-electron chi connectivity index (χ3n) is 3.87. The summed E-state index contributed by atoms with van der Waals surface area (Å²) in [7, 11) is 0. The monoisotopic (exact) mass is 249 g/mol. The van der Waals surface area contributed by atoms with E-state index in [1.54, 1.807) is 0 Å². The molecule has 2 aliphatic heterocycles. The Morgan fingerprint density at radius 1 is 1.33 bits per heavy atom. The lowest BCUT2D eigenvalue weighted by Crippen LogP contribution is -2.51. The highest BCUT2D eigenvalue weighted by atomic mass is 16.2. The second-order valence-corrected chi connectivity index (χ2v) is 5.26. The topological polar surface area (TPSA) is 44.4 Å². The van der Waals surface area contributed by atoms with E-state index in [0.29, 0.717) is 6.04 Å². The molecular formula is C14H23N3O. The van der Waals surface area contributed by atoms with Crippen molar-refractivity contribution in [2.24, 2.45) is 0 Å². The van der Waals surface area contributed by atoms with Gasteiger partial charge in [-0.1, -0.05) is 5.92 Å². The molecule has 18 heavy (non-hydrogen) atoms. The van der Waals surface area contributed by atoms with Gasteiger partial charge in [0.25, 0.3) is 0 Å². The molecule has 0 saturated carbocycles. The molecule has 0 spiro atoms. The second kappa shape index (κ2) is 6.77. The van der Waals surface area contributed by atoms with Gasteiger partial charge >= 0.3 is 0 Å². The van der Waals surface area contributed by atoms with Crippen LogP contribution in [-0.2, 0) is 4.79 Å². The number of nitrogens with zero attached hydrogens (tertiary/aromatic N) is 1. The fourth-order valence-corrected chi connectivity index (χ4v) is 2.77. The molecular weight excluding hydrogens is 226 g/mol. The standard InChI is InChI=1S/C14H23N3O/c1-2-9-17-10-6-12(7-11-17)16-13-5-3-4-8-15-14(13)18/h1,12-13,16H,3-11H2,(H,15,18). The quantitative estimate of drug-likeness (QED) is 0.709. The lowest BCUT2D eigenvalue weighted by Gasteiger charge is -2.33. The van der Waals surface area contributed by atoms with Gasteiger partial charge in [0.15, 0.2) is 0 Å². The van der Waals surface area contributed by atoms with E-state index in [9.17, 15) is 4.79 Å². The Bertz CT molecular complexity index is 315. The molecule has 2 heterocycles. The fraction of sp³-hybridized carbons (Fsp3) is 0.786. The number of rotatable bonds is 3. The van der Waals surface area contributed by atoms with Crippen LogP contribution in [0.2, 0.25) is 0 Å². The molecule has 0 aromatic rings. The summed E-state index contributed by atoms with van der Waals surface area (Å²) in [5.41, 5.74) is 0. The first-order valence-corrected chi connectivity index (χ1v) is 6.99. The molecule has 2 N–H and O–H groups in total. The molecule has 2 aliphatic rings. The van der Waals surface area contributed by atoms with Gasteiger partial charge in [-0.2, -0.15) is 0 Å². The van der Waals surface area contributed by atoms with E-state index in [1.165, 1.54) is 0 Å². The van der Waals surface area contributed by atoms with E-state index < -0.39 is 0 Å². The number of terminal acetylenes is 1. The maximum Gasteiger partial charge on any atom is 0.237 e. The molecule has 4 heteroatoms. The van der Waals surface area contributed by atoms with Crippen LogP contribution in [0.3, 0.4) is 0 Å². The van der Waals surface area contributed by atoms with E-state index in [-0.39, 0.29) is 11.9 Å². The molecule has 2 fully saturated rings. The highest BCUT2D eigenvalue weighted by molar-refractivity contribution is 5.81. The van der Waals surface area contributed by atoms with Gasteiger partial charge in [-0.15, -0.1) is 6.42 Å². The van der Waals surface area contributed by atoms with Crippen molar-refractivity contribution in [2.75, 3.05) is 26.2 Å². The van der Waals surface area contributed by atoms with Crippen LogP contribution in [-0.4, -0.2) is 49.1 Å². The zero-order valence-corrected chi connectivity index (χ0v) is 11.0. The Kier molecular flexibility index (Phi) is 5.03. The van der Waals surface area contributed by atoms with Gasteiger partial charge in [0.1, 0.15) is 0 Å². The Morgan fingerprint density at radius 3 is 2.83 bits per heavy atom. The number of piperidine rings is 1. The molecule has 2 saturated heterocycles. The smallest absolute Gasteiger partial charge is 0.237 e. The van der Waals surface area contributed by atoms with Gasteiger partial charge in [-0.25, -0.2) is 0 Å². The predicted molar refractivity (Wildman–Crippen MR) is 72.1 cm³/mol. The Balaban J connectivity index is 1.76. The lowest BCUT2D eigenvalue weighted by molar-refractivity contribution is -0.123. The molecule has 1 amide bonds. The molecule has 0 aromatic carbocycles. The molecule has 0 aromatic heterocycles. The molecule has 1 unspecified atom stereocenters. The van der Waals surface area contributed by atoms with E-state index in [0.717, 1.165) is 58.3 Å². The van der Waals surface area contributed by atoms with Crippen molar-refractivity contribution in [3.63, 3.8) is 0 Å². The first kappa shape index (κ1) is 13.4. The van der Waals surface area contributed by atoms with Crippen LogP contribution in [0.15, 0.2) is 0 Å². The second-order valence-electron chi connectivity index (χ2n) is 5.26. The van der Waals surface area contributed by atoms with Crippen molar-refractivity contribution in [1.82, 2.24) is 15.5 Å². The van der Waals surface area contributed by atoms with E-state index in [2.05, 4.69) is 21.5 Å². The Hall–Kier alpha value is -1.05. The largest absolute Gasteiger partial charge is 0.355 e. The summed E-state index contributed by atoms with van der Waals surface area (Å²) >= 11 is 0. The normalized spacial score (nSPS) is 27.3. The minimum Gasteiger partial charge on any atom is -0.355 e. The van der Waals surface area contributed by atoms with Crippen molar-refractivity contribution in [3.05, 3.63) is 0 Å². The SMILES string of the molecule is C#CCN1CCC(NC2CCCCNC2=O)CC1. The lowest BCUT2D eigenvalue weighted by atomic mass is 10.0. The molecule has 0 bridgehead atoms. The highest BCUT2D eigenvalue weighted by Crippen LogP contribution is 2.13. The molecule has 1 atom stereocenters. The number of likely N-dealkylation sites (tertiary alicyclic amines) is 1. The summed E-state index contributed by atoms with van der Waals surface area (Å²) in [6, 6.07) is 0.476. The summed E-state index contributed by atoms with van der Waals surface area (Å²) in [6.07, 6.45) is 10.7. The molecule has 4 nitrogen and oxygen atoms in total. The number of hydrogen-bond donors (Lipinski definition) is 2. The number of hydrogen-bond acceptors (Lipinski definition) is 3. The molecule has 0 radical (unpaired) electrons. The van der Waals surface area contributed by atoms with Crippen molar-refractivity contribution < 1.29 is 4.79 Å². The first-order chi connectivity index (χ1) is 8.79. The van der Waals surface area contributed by atoms with Crippen LogP contribution in [0.4, 0.5) is 0 Å². The van der Waals surface area contributed by atoms with Gasteiger partial charge in [-0.05, 0) is 32.1 Å². The minimum atomic E-state index is 0.0108. The minimum absolute atomic E-state index is 0.0108. The van der Waals surface area contributed by atoms with Gasteiger partial charge in [0, 0.05) is 25.7 Å². The third kappa shape index (κ3) is 3.72. The van der Waals surface area contributed by atoms with Crippen molar-refractivity contribution in [3.8, 4) is 12.3 Å². The van der Waals surface area contributed by atoms with Crippen LogP contribution >= 0.6 is 0 Å². The van der Waals surface area contributed by atoms with Gasteiger partial charge in [0.2, 0.25) is 5.91 Å². The number of nitrogens with one attached hydrogen (secondary N) is 2. The number of carbonyl (C=O) groups is 1. The van der Waals surface area contributed by atoms with E-state index >= 15 is 0 Å². The molecule has 100 valence electrons. The summed E-state index contributed by atoms with van der Waals surface area (Å²) < 4.78 is 0. The maximum atomic E-state index is 11.8. The maximum absolute atomic E-state index is 11.8. The van der Waals surface area contributed by atoms with Crippen molar-refractivity contribution >= 4 is 5.91 Å². The van der Waals surface area contributed by atoms with E-state index in [4.69, 9.17) is 6.42 Å². The van der Waals surface area contributed by atoms with Crippen LogP contribution in [0.5, 0.6) is 0 Å². The fourth-order valence-electron chi connectivity index (χ4n) is 2.77. The van der Waals surface area contributed by atoms with Gasteiger partial charge in [0.05, 0.1) is 12.6 Å². The van der Waals surface area contributed by atoms with Crippen LogP contribution < -0.4 is 10.6 Å². The first-order valence-electron chi connectivity index (χ1n) is 6.99. The zero-order chi connectivity index (χ0) is 12.8. The average molecular weight is 249 g/mol. The van der Waals surface area contributed by atoms with Crippen LogP contribution in [0, 0.1) is 12.3 Å². The molecule has 2 rings (SSSR count). The van der Waals surface area contributed by atoms with Gasteiger partial charge < -0.3 is 10.6 Å². The number of amides is 1. The highest BCUT2D eigenvalue weighted by Gasteiger charge is 2.25. The third-order valence-corrected chi connectivity index (χ3v) is 3.87.